The van der Waals surface area contributed by atoms with Gasteiger partial charge in [0.2, 0.25) is 6.29 Å². The number of allylic oxidation sites excluding steroid dienone is 1. The second-order valence-corrected chi connectivity index (χ2v) is 5.29. The summed E-state index contributed by atoms with van der Waals surface area (Å²) < 4.78 is 16.1. The lowest BCUT2D eigenvalue weighted by molar-refractivity contribution is -0.277. The van der Waals surface area contributed by atoms with E-state index >= 15 is 0 Å². The molecule has 128 valence electrons. The van der Waals surface area contributed by atoms with E-state index in [0.717, 1.165) is 5.56 Å². The van der Waals surface area contributed by atoms with Crippen molar-refractivity contribution in [3.63, 3.8) is 0 Å². The fraction of sp³-hybridized carbons (Fsp3) is 0.500. The third-order valence-electron chi connectivity index (χ3n) is 3.70. The molecule has 4 N–H and O–H groups in total. The van der Waals surface area contributed by atoms with Crippen molar-refractivity contribution in [2.45, 2.75) is 37.1 Å². The van der Waals surface area contributed by atoms with E-state index in [1.165, 1.54) is 7.11 Å². The van der Waals surface area contributed by atoms with Crippen LogP contribution in [0.15, 0.2) is 30.9 Å². The van der Waals surface area contributed by atoms with E-state index in [0.29, 0.717) is 17.9 Å². The Hall–Kier alpha value is -1.64. The molecule has 1 aromatic carbocycles. The van der Waals surface area contributed by atoms with E-state index in [9.17, 15) is 20.4 Å². The van der Waals surface area contributed by atoms with Gasteiger partial charge in [-0.25, -0.2) is 0 Å². The lowest BCUT2D eigenvalue weighted by Crippen LogP contribution is -2.60. The van der Waals surface area contributed by atoms with E-state index in [2.05, 4.69) is 6.58 Å². The van der Waals surface area contributed by atoms with E-state index in [1.54, 1.807) is 18.2 Å². The van der Waals surface area contributed by atoms with Crippen LogP contribution in [-0.2, 0) is 11.2 Å². The zero-order valence-corrected chi connectivity index (χ0v) is 12.8. The van der Waals surface area contributed by atoms with Crippen molar-refractivity contribution in [1.29, 1.82) is 0 Å². The number of rotatable bonds is 6. The van der Waals surface area contributed by atoms with Crippen LogP contribution >= 0.6 is 0 Å². The summed E-state index contributed by atoms with van der Waals surface area (Å²) in [4.78, 5) is 0. The van der Waals surface area contributed by atoms with Gasteiger partial charge in [-0.3, -0.25) is 0 Å². The molecule has 0 aliphatic carbocycles. The SMILES string of the molecule is C=CCc1ccc(O[C@@H]2O[C@H](CO)[C@H](O)[C@H](O)[C@H]2O)c(OC)c1. The Morgan fingerprint density at radius 1 is 1.17 bits per heavy atom. The Kier molecular flexibility index (Phi) is 5.97. The number of hydrogen-bond acceptors (Lipinski definition) is 7. The van der Waals surface area contributed by atoms with Crippen LogP contribution in [0.2, 0.25) is 0 Å². The third kappa shape index (κ3) is 3.82. The summed E-state index contributed by atoms with van der Waals surface area (Å²) in [5.74, 6) is 0.742. The summed E-state index contributed by atoms with van der Waals surface area (Å²) in [6, 6.07) is 5.23. The number of aliphatic hydroxyl groups is 4. The van der Waals surface area contributed by atoms with Crippen LogP contribution in [-0.4, -0.2) is 64.8 Å². The fourth-order valence-electron chi connectivity index (χ4n) is 2.39. The number of methoxy groups -OCH3 is 1. The molecule has 7 heteroatoms. The molecule has 7 nitrogen and oxygen atoms in total. The number of benzene rings is 1. The van der Waals surface area contributed by atoms with Crippen LogP contribution in [0.4, 0.5) is 0 Å². The minimum absolute atomic E-state index is 0.310. The fourth-order valence-corrected chi connectivity index (χ4v) is 2.39. The largest absolute Gasteiger partial charge is 0.493 e. The van der Waals surface area contributed by atoms with Crippen molar-refractivity contribution in [3.8, 4) is 11.5 Å². The molecule has 23 heavy (non-hydrogen) atoms. The Balaban J connectivity index is 2.18. The first-order valence-electron chi connectivity index (χ1n) is 7.26. The van der Waals surface area contributed by atoms with Crippen molar-refractivity contribution < 1.29 is 34.6 Å². The highest BCUT2D eigenvalue weighted by Crippen LogP contribution is 2.32. The van der Waals surface area contributed by atoms with E-state index < -0.39 is 37.3 Å². The number of hydrogen-bond donors (Lipinski definition) is 4. The molecule has 0 unspecified atom stereocenters. The molecule has 1 saturated heterocycles. The molecule has 1 aliphatic rings. The molecule has 0 aromatic heterocycles. The highest BCUT2D eigenvalue weighted by atomic mass is 16.7. The normalized spacial score (nSPS) is 30.7. The van der Waals surface area contributed by atoms with Crippen LogP contribution in [0.3, 0.4) is 0 Å². The van der Waals surface area contributed by atoms with Crippen molar-refractivity contribution in [2.24, 2.45) is 0 Å². The molecule has 0 bridgehead atoms. The second-order valence-electron chi connectivity index (χ2n) is 5.29. The highest BCUT2D eigenvalue weighted by Gasteiger charge is 2.44. The summed E-state index contributed by atoms with van der Waals surface area (Å²) in [6.07, 6.45) is -4.23. The van der Waals surface area contributed by atoms with Gasteiger partial charge < -0.3 is 34.6 Å². The molecule has 1 fully saturated rings. The lowest BCUT2D eigenvalue weighted by atomic mass is 9.99. The third-order valence-corrected chi connectivity index (χ3v) is 3.70. The summed E-state index contributed by atoms with van der Waals surface area (Å²) in [7, 11) is 1.48. The predicted molar refractivity (Wildman–Crippen MR) is 81.3 cm³/mol. The Morgan fingerprint density at radius 2 is 1.91 bits per heavy atom. The first-order chi connectivity index (χ1) is 11.0. The molecular formula is C16H22O7. The molecule has 0 amide bonds. The van der Waals surface area contributed by atoms with Gasteiger partial charge in [0.25, 0.3) is 0 Å². The highest BCUT2D eigenvalue weighted by molar-refractivity contribution is 5.43. The minimum atomic E-state index is -1.49. The molecular weight excluding hydrogens is 304 g/mol. The van der Waals surface area contributed by atoms with Gasteiger partial charge in [0.1, 0.15) is 24.4 Å². The minimum Gasteiger partial charge on any atom is -0.493 e. The van der Waals surface area contributed by atoms with Gasteiger partial charge in [0.05, 0.1) is 13.7 Å². The van der Waals surface area contributed by atoms with Gasteiger partial charge in [0, 0.05) is 0 Å². The molecule has 0 saturated carbocycles. The zero-order chi connectivity index (χ0) is 17.0. The van der Waals surface area contributed by atoms with Gasteiger partial charge in [0.15, 0.2) is 11.5 Å². The standard InChI is InChI=1S/C16H22O7/c1-3-4-9-5-6-10(11(7-9)21-2)22-16-15(20)14(19)13(18)12(8-17)23-16/h3,5-7,12-20H,1,4,8H2,2H3/t12-,13+,14+,15-,16-/m1/s1. The van der Waals surface area contributed by atoms with Crippen LogP contribution in [0.5, 0.6) is 11.5 Å². The van der Waals surface area contributed by atoms with E-state index in [1.807, 2.05) is 6.07 Å². The van der Waals surface area contributed by atoms with Gasteiger partial charge in [-0.1, -0.05) is 12.1 Å². The molecule has 1 heterocycles. The first kappa shape index (κ1) is 17.7. The van der Waals surface area contributed by atoms with Gasteiger partial charge >= 0.3 is 0 Å². The van der Waals surface area contributed by atoms with Crippen molar-refractivity contribution >= 4 is 0 Å². The molecule has 5 atom stereocenters. The summed E-state index contributed by atoms with van der Waals surface area (Å²) in [6.45, 7) is 3.16. The van der Waals surface area contributed by atoms with Gasteiger partial charge in [-0.2, -0.15) is 0 Å². The van der Waals surface area contributed by atoms with E-state index in [4.69, 9.17) is 14.2 Å². The average Bonchev–Trinajstić information content (AvgIpc) is 2.56. The molecule has 0 spiro atoms. The maximum atomic E-state index is 9.99. The van der Waals surface area contributed by atoms with Crippen molar-refractivity contribution in [1.82, 2.24) is 0 Å². The van der Waals surface area contributed by atoms with Crippen LogP contribution < -0.4 is 9.47 Å². The van der Waals surface area contributed by atoms with Gasteiger partial charge in [-0.15, -0.1) is 6.58 Å². The summed E-state index contributed by atoms with van der Waals surface area (Å²) >= 11 is 0. The summed E-state index contributed by atoms with van der Waals surface area (Å²) in [5.41, 5.74) is 0.970. The predicted octanol–water partition coefficient (Wildman–Crippen LogP) is -0.398. The van der Waals surface area contributed by atoms with E-state index in [-0.39, 0.29) is 0 Å². The quantitative estimate of drug-likeness (QED) is 0.527. The number of aliphatic hydroxyl groups excluding tert-OH is 4. The Bertz CT molecular complexity index is 531. The summed E-state index contributed by atoms with van der Waals surface area (Å²) in [5, 5.41) is 38.7. The second kappa shape index (κ2) is 7.76. The maximum Gasteiger partial charge on any atom is 0.229 e. The smallest absolute Gasteiger partial charge is 0.229 e. The van der Waals surface area contributed by atoms with Gasteiger partial charge in [-0.05, 0) is 24.1 Å². The molecule has 2 rings (SSSR count). The zero-order valence-electron chi connectivity index (χ0n) is 12.8. The number of ether oxygens (including phenoxy) is 3. The lowest BCUT2D eigenvalue weighted by Gasteiger charge is -2.39. The average molecular weight is 326 g/mol. The molecule has 1 aliphatic heterocycles. The molecule has 0 radical (unpaired) electrons. The Morgan fingerprint density at radius 3 is 2.52 bits per heavy atom. The molecule has 1 aromatic rings. The van der Waals surface area contributed by atoms with Crippen LogP contribution in [0.1, 0.15) is 5.56 Å². The van der Waals surface area contributed by atoms with Crippen LogP contribution in [0.25, 0.3) is 0 Å². The van der Waals surface area contributed by atoms with Crippen molar-refractivity contribution in [2.75, 3.05) is 13.7 Å². The first-order valence-corrected chi connectivity index (χ1v) is 7.26. The van der Waals surface area contributed by atoms with Crippen LogP contribution in [0, 0.1) is 0 Å². The maximum absolute atomic E-state index is 9.99. The monoisotopic (exact) mass is 326 g/mol. The Labute approximate surface area is 134 Å². The van der Waals surface area contributed by atoms with Crippen molar-refractivity contribution in [3.05, 3.63) is 36.4 Å². The topological polar surface area (TPSA) is 109 Å².